The van der Waals surface area contributed by atoms with E-state index in [1.807, 2.05) is 25.3 Å². The molecule has 1 atom stereocenters. The summed E-state index contributed by atoms with van der Waals surface area (Å²) in [5.41, 5.74) is 3.13. The second-order valence-electron chi connectivity index (χ2n) is 7.48. The summed E-state index contributed by atoms with van der Waals surface area (Å²) in [7, 11) is -3.35. The Morgan fingerprint density at radius 2 is 1.97 bits per heavy atom. The van der Waals surface area contributed by atoms with Crippen molar-refractivity contribution >= 4 is 27.4 Å². The maximum Gasteiger partial charge on any atom is 0.256 e. The molecule has 30 heavy (non-hydrogen) atoms. The smallest absolute Gasteiger partial charge is 0.256 e. The summed E-state index contributed by atoms with van der Waals surface area (Å²) in [6, 6.07) is 10.6. The normalized spacial score (nSPS) is 15.8. The van der Waals surface area contributed by atoms with Gasteiger partial charge in [0.2, 0.25) is 10.0 Å². The van der Waals surface area contributed by atoms with E-state index in [9.17, 15) is 13.2 Å². The largest absolute Gasteiger partial charge is 0.305 e. The topological polar surface area (TPSA) is 97.2 Å². The molecule has 0 saturated carbocycles. The number of rotatable bonds is 6. The SMILES string of the molecule is CC1Cc2cc(C(=O)Nc3ccn(CCc4ccncc4)n3)ccc2N1S(C)(=O)=O. The Hall–Kier alpha value is -3.20. The van der Waals surface area contributed by atoms with Crippen LogP contribution < -0.4 is 9.62 Å². The van der Waals surface area contributed by atoms with Crippen LogP contribution in [0.2, 0.25) is 0 Å². The molecule has 1 unspecified atom stereocenters. The van der Waals surface area contributed by atoms with Gasteiger partial charge in [-0.3, -0.25) is 18.8 Å². The van der Waals surface area contributed by atoms with E-state index in [0.717, 1.165) is 12.0 Å². The molecular weight excluding hydrogens is 402 g/mol. The van der Waals surface area contributed by atoms with Gasteiger partial charge < -0.3 is 5.32 Å². The fourth-order valence-corrected chi connectivity index (χ4v) is 5.05. The molecule has 0 spiro atoms. The standard InChI is InChI=1S/C21H23N5O3S/c1-15-13-18-14-17(3-4-19(18)26(15)30(2,28)29)21(27)23-20-8-12-25(24-20)11-7-16-5-9-22-10-6-16/h3-6,8-10,12,14-15H,7,11,13H2,1-2H3,(H,23,24,27). The van der Waals surface area contributed by atoms with Crippen molar-refractivity contribution in [2.75, 3.05) is 15.9 Å². The fraction of sp³-hybridized carbons (Fsp3) is 0.286. The first kappa shape index (κ1) is 20.1. The number of anilines is 2. The third-order valence-corrected chi connectivity index (χ3v) is 6.38. The van der Waals surface area contributed by atoms with Crippen molar-refractivity contribution in [1.82, 2.24) is 14.8 Å². The van der Waals surface area contributed by atoms with Gasteiger partial charge in [0, 0.05) is 42.8 Å². The van der Waals surface area contributed by atoms with Gasteiger partial charge in [-0.15, -0.1) is 0 Å². The van der Waals surface area contributed by atoms with E-state index >= 15 is 0 Å². The molecule has 1 amide bonds. The van der Waals surface area contributed by atoms with Gasteiger partial charge in [-0.2, -0.15) is 5.10 Å². The molecule has 1 aliphatic rings. The number of benzene rings is 1. The minimum atomic E-state index is -3.35. The average molecular weight is 426 g/mol. The van der Waals surface area contributed by atoms with Crippen LogP contribution in [-0.4, -0.2) is 41.4 Å². The molecule has 0 bridgehead atoms. The second-order valence-corrected chi connectivity index (χ2v) is 9.34. The number of carbonyl (C=O) groups is 1. The predicted octanol–water partition coefficient (Wildman–Crippen LogP) is 2.48. The highest BCUT2D eigenvalue weighted by molar-refractivity contribution is 7.92. The minimum absolute atomic E-state index is 0.163. The molecule has 1 aliphatic heterocycles. The van der Waals surface area contributed by atoms with Crippen molar-refractivity contribution in [2.45, 2.75) is 32.4 Å². The molecule has 2 aromatic heterocycles. The summed E-state index contributed by atoms with van der Waals surface area (Å²) in [6.45, 7) is 2.55. The number of pyridine rings is 1. The number of hydrogen-bond acceptors (Lipinski definition) is 5. The number of nitrogens with zero attached hydrogens (tertiary/aromatic N) is 4. The highest BCUT2D eigenvalue weighted by atomic mass is 32.2. The van der Waals surface area contributed by atoms with Crippen LogP contribution in [0.25, 0.3) is 0 Å². The van der Waals surface area contributed by atoms with Crippen LogP contribution in [0.4, 0.5) is 11.5 Å². The number of fused-ring (bicyclic) bond motifs is 1. The van der Waals surface area contributed by atoms with Crippen LogP contribution in [-0.2, 0) is 29.4 Å². The highest BCUT2D eigenvalue weighted by Gasteiger charge is 2.32. The van der Waals surface area contributed by atoms with E-state index < -0.39 is 10.0 Å². The zero-order valence-electron chi connectivity index (χ0n) is 16.8. The lowest BCUT2D eigenvalue weighted by Crippen LogP contribution is -2.34. The number of nitrogens with one attached hydrogen (secondary N) is 1. The van der Waals surface area contributed by atoms with E-state index in [4.69, 9.17) is 0 Å². The van der Waals surface area contributed by atoms with Gasteiger partial charge in [-0.25, -0.2) is 8.42 Å². The Bertz CT molecular complexity index is 1170. The fourth-order valence-electron chi connectivity index (χ4n) is 3.78. The zero-order valence-corrected chi connectivity index (χ0v) is 17.6. The van der Waals surface area contributed by atoms with Crippen molar-refractivity contribution < 1.29 is 13.2 Å². The van der Waals surface area contributed by atoms with Crippen molar-refractivity contribution in [1.29, 1.82) is 0 Å². The van der Waals surface area contributed by atoms with Gasteiger partial charge in [-0.05, 0) is 61.2 Å². The van der Waals surface area contributed by atoms with E-state index in [1.165, 1.54) is 16.1 Å². The van der Waals surface area contributed by atoms with E-state index in [-0.39, 0.29) is 11.9 Å². The molecule has 3 heterocycles. The van der Waals surface area contributed by atoms with Gasteiger partial charge in [0.05, 0.1) is 11.9 Å². The molecule has 3 aromatic rings. The lowest BCUT2D eigenvalue weighted by Gasteiger charge is -2.21. The quantitative estimate of drug-likeness (QED) is 0.654. The first-order chi connectivity index (χ1) is 14.3. The molecule has 156 valence electrons. The Morgan fingerprint density at radius 3 is 2.70 bits per heavy atom. The maximum atomic E-state index is 12.7. The van der Waals surface area contributed by atoms with Crippen molar-refractivity contribution in [3.63, 3.8) is 0 Å². The third kappa shape index (κ3) is 4.20. The third-order valence-electron chi connectivity index (χ3n) is 5.11. The Morgan fingerprint density at radius 1 is 1.20 bits per heavy atom. The van der Waals surface area contributed by atoms with Crippen molar-refractivity contribution in [3.05, 3.63) is 71.7 Å². The number of aromatic nitrogens is 3. The van der Waals surface area contributed by atoms with E-state index in [0.29, 0.717) is 30.0 Å². The summed E-state index contributed by atoms with van der Waals surface area (Å²) in [5, 5.41) is 7.21. The molecule has 1 aromatic carbocycles. The molecule has 8 nitrogen and oxygen atoms in total. The van der Waals surface area contributed by atoms with Crippen LogP contribution >= 0.6 is 0 Å². The summed E-state index contributed by atoms with van der Waals surface area (Å²) in [5.74, 6) is 0.198. The van der Waals surface area contributed by atoms with Gasteiger partial charge in [0.25, 0.3) is 5.91 Å². The first-order valence-electron chi connectivity index (χ1n) is 9.67. The maximum absolute atomic E-state index is 12.7. The van der Waals surface area contributed by atoms with Crippen LogP contribution in [0, 0.1) is 0 Å². The van der Waals surface area contributed by atoms with E-state index in [2.05, 4.69) is 15.4 Å². The minimum Gasteiger partial charge on any atom is -0.305 e. The molecule has 4 rings (SSSR count). The summed E-state index contributed by atoms with van der Waals surface area (Å²) < 4.78 is 27.3. The molecule has 1 N–H and O–H groups in total. The Kier molecular flexibility index (Phi) is 5.29. The van der Waals surface area contributed by atoms with E-state index in [1.54, 1.807) is 41.3 Å². The number of hydrogen-bond donors (Lipinski definition) is 1. The van der Waals surface area contributed by atoms with Crippen LogP contribution in [0.1, 0.15) is 28.4 Å². The molecule has 0 aliphatic carbocycles. The number of amides is 1. The molecule has 0 radical (unpaired) electrons. The molecule has 0 saturated heterocycles. The van der Waals surface area contributed by atoms with Crippen molar-refractivity contribution in [3.8, 4) is 0 Å². The number of sulfonamides is 1. The molecular formula is C21H23N5O3S. The highest BCUT2D eigenvalue weighted by Crippen LogP contribution is 2.34. The van der Waals surface area contributed by atoms with Crippen molar-refractivity contribution in [2.24, 2.45) is 0 Å². The van der Waals surface area contributed by atoms with Gasteiger partial charge >= 0.3 is 0 Å². The Labute approximate surface area is 175 Å². The summed E-state index contributed by atoms with van der Waals surface area (Å²) >= 11 is 0. The monoisotopic (exact) mass is 425 g/mol. The molecule has 0 fully saturated rings. The first-order valence-corrected chi connectivity index (χ1v) is 11.5. The predicted molar refractivity (Wildman–Crippen MR) is 115 cm³/mol. The lowest BCUT2D eigenvalue weighted by atomic mass is 10.1. The van der Waals surface area contributed by atoms with Gasteiger partial charge in [0.1, 0.15) is 0 Å². The summed E-state index contributed by atoms with van der Waals surface area (Å²) in [6.07, 6.45) is 7.94. The van der Waals surface area contributed by atoms with Gasteiger partial charge in [-0.1, -0.05) is 0 Å². The summed E-state index contributed by atoms with van der Waals surface area (Å²) in [4.78, 5) is 16.7. The average Bonchev–Trinajstić information content (AvgIpc) is 3.29. The number of aryl methyl sites for hydroxylation is 2. The number of carbonyl (C=O) groups excluding carboxylic acids is 1. The molecule has 9 heteroatoms. The van der Waals surface area contributed by atoms with Gasteiger partial charge in [0.15, 0.2) is 5.82 Å². The second kappa shape index (κ2) is 7.91. The Balaban J connectivity index is 1.43. The van der Waals surface area contributed by atoms with Crippen LogP contribution in [0.15, 0.2) is 55.0 Å². The van der Waals surface area contributed by atoms with Crippen LogP contribution in [0.5, 0.6) is 0 Å². The lowest BCUT2D eigenvalue weighted by molar-refractivity contribution is 0.102. The zero-order chi connectivity index (χ0) is 21.3. The van der Waals surface area contributed by atoms with Crippen LogP contribution in [0.3, 0.4) is 0 Å².